The maximum Gasteiger partial charge on any atom is 0.128 e. The summed E-state index contributed by atoms with van der Waals surface area (Å²) < 4.78 is 0. The molecule has 0 radical (unpaired) electrons. The summed E-state index contributed by atoms with van der Waals surface area (Å²) in [5, 5.41) is 3.93. The first-order valence-electron chi connectivity index (χ1n) is 4.68. The normalized spacial score (nSPS) is 10.3. The van der Waals surface area contributed by atoms with Crippen molar-refractivity contribution in [1.29, 1.82) is 0 Å². The van der Waals surface area contributed by atoms with Gasteiger partial charge in [-0.15, -0.1) is 0 Å². The fourth-order valence-electron chi connectivity index (χ4n) is 1.09. The molecule has 1 aromatic heterocycles. The highest BCUT2D eigenvalue weighted by atomic mass is 35.5. The van der Waals surface area contributed by atoms with Crippen LogP contribution in [-0.4, -0.2) is 25.6 Å². The van der Waals surface area contributed by atoms with E-state index in [0.717, 1.165) is 29.6 Å². The molecule has 0 aliphatic carbocycles. The molecule has 0 unspecified atom stereocenters. The van der Waals surface area contributed by atoms with Crippen molar-refractivity contribution in [2.75, 3.05) is 25.5 Å². The molecule has 0 aliphatic rings. The van der Waals surface area contributed by atoms with Gasteiger partial charge in [0.1, 0.15) is 5.82 Å². The van der Waals surface area contributed by atoms with Gasteiger partial charge in [0.15, 0.2) is 0 Å². The van der Waals surface area contributed by atoms with Crippen molar-refractivity contribution < 1.29 is 0 Å². The van der Waals surface area contributed by atoms with Crippen LogP contribution in [0.5, 0.6) is 0 Å². The van der Waals surface area contributed by atoms with Crippen molar-refractivity contribution in [2.24, 2.45) is 0 Å². The summed E-state index contributed by atoms with van der Waals surface area (Å²) in [6.45, 7) is 3.70. The molecular weight excluding hydrogens is 198 g/mol. The van der Waals surface area contributed by atoms with E-state index in [1.807, 2.05) is 31.1 Å². The Hall–Kier alpha value is -0.800. The first-order valence-corrected chi connectivity index (χ1v) is 5.06. The van der Waals surface area contributed by atoms with Crippen LogP contribution >= 0.6 is 11.6 Å². The second-order valence-electron chi connectivity index (χ2n) is 3.27. The third kappa shape index (κ3) is 2.86. The van der Waals surface area contributed by atoms with Gasteiger partial charge in [-0.05, 0) is 18.7 Å². The highest BCUT2D eigenvalue weighted by Gasteiger charge is 2.04. The van der Waals surface area contributed by atoms with Gasteiger partial charge in [-0.3, -0.25) is 0 Å². The van der Waals surface area contributed by atoms with Crippen LogP contribution in [0.3, 0.4) is 0 Å². The minimum Gasteiger partial charge on any atom is -0.363 e. The number of pyridine rings is 1. The van der Waals surface area contributed by atoms with Crippen LogP contribution in [0.4, 0.5) is 5.82 Å². The molecule has 3 nitrogen and oxygen atoms in total. The van der Waals surface area contributed by atoms with E-state index in [2.05, 4.69) is 17.2 Å². The molecule has 1 aromatic rings. The summed E-state index contributed by atoms with van der Waals surface area (Å²) in [6.07, 6.45) is 0. The first-order chi connectivity index (χ1) is 6.65. The van der Waals surface area contributed by atoms with Crippen LogP contribution in [0, 0.1) is 0 Å². The largest absolute Gasteiger partial charge is 0.363 e. The highest BCUT2D eigenvalue weighted by molar-refractivity contribution is 6.31. The lowest BCUT2D eigenvalue weighted by Crippen LogP contribution is -2.16. The lowest BCUT2D eigenvalue weighted by molar-refractivity contribution is 0.710. The van der Waals surface area contributed by atoms with Gasteiger partial charge in [0, 0.05) is 20.6 Å². The van der Waals surface area contributed by atoms with Crippen molar-refractivity contribution in [3.05, 3.63) is 22.8 Å². The second kappa shape index (κ2) is 5.17. The predicted molar refractivity (Wildman–Crippen MR) is 61.0 cm³/mol. The van der Waals surface area contributed by atoms with Crippen LogP contribution in [0.1, 0.15) is 12.6 Å². The van der Waals surface area contributed by atoms with Crippen LogP contribution in [-0.2, 0) is 6.54 Å². The van der Waals surface area contributed by atoms with Gasteiger partial charge in [0.05, 0.1) is 10.7 Å². The fraction of sp³-hybridized carbons (Fsp3) is 0.500. The van der Waals surface area contributed by atoms with Crippen molar-refractivity contribution in [3.8, 4) is 0 Å². The molecule has 1 N–H and O–H groups in total. The predicted octanol–water partition coefficient (Wildman–Crippen LogP) is 1.91. The Morgan fingerprint density at radius 2 is 2.14 bits per heavy atom. The Morgan fingerprint density at radius 1 is 1.43 bits per heavy atom. The number of hydrogen-bond donors (Lipinski definition) is 1. The molecule has 0 saturated heterocycles. The monoisotopic (exact) mass is 213 g/mol. The number of halogens is 1. The van der Waals surface area contributed by atoms with Crippen LogP contribution in [0.25, 0.3) is 0 Å². The third-order valence-corrected chi connectivity index (χ3v) is 2.25. The van der Waals surface area contributed by atoms with E-state index in [-0.39, 0.29) is 0 Å². The van der Waals surface area contributed by atoms with Crippen LogP contribution in [0.2, 0.25) is 5.02 Å². The summed E-state index contributed by atoms with van der Waals surface area (Å²) in [6, 6.07) is 3.80. The van der Waals surface area contributed by atoms with E-state index in [1.54, 1.807) is 0 Å². The zero-order valence-corrected chi connectivity index (χ0v) is 9.60. The molecule has 0 aromatic carbocycles. The fourth-order valence-corrected chi connectivity index (χ4v) is 1.26. The molecule has 1 heterocycles. The second-order valence-corrected chi connectivity index (χ2v) is 3.68. The van der Waals surface area contributed by atoms with Crippen LogP contribution < -0.4 is 10.2 Å². The van der Waals surface area contributed by atoms with Gasteiger partial charge in [-0.1, -0.05) is 18.5 Å². The SMILES string of the molecule is CCNCc1nc(N(C)C)ccc1Cl. The average molecular weight is 214 g/mol. The Kier molecular flexibility index (Phi) is 4.17. The Morgan fingerprint density at radius 3 is 2.71 bits per heavy atom. The molecule has 0 fully saturated rings. The molecule has 14 heavy (non-hydrogen) atoms. The summed E-state index contributed by atoms with van der Waals surface area (Å²) in [5.74, 6) is 0.933. The molecule has 0 atom stereocenters. The van der Waals surface area contributed by atoms with Gasteiger partial charge in [-0.2, -0.15) is 0 Å². The van der Waals surface area contributed by atoms with Gasteiger partial charge in [-0.25, -0.2) is 4.98 Å². The topological polar surface area (TPSA) is 28.2 Å². The lowest BCUT2D eigenvalue weighted by atomic mass is 10.3. The summed E-state index contributed by atoms with van der Waals surface area (Å²) in [5.41, 5.74) is 0.903. The van der Waals surface area contributed by atoms with Gasteiger partial charge >= 0.3 is 0 Å². The van der Waals surface area contributed by atoms with E-state index < -0.39 is 0 Å². The minimum absolute atomic E-state index is 0.719. The Labute approximate surface area is 90.1 Å². The van der Waals surface area contributed by atoms with Crippen LogP contribution in [0.15, 0.2) is 12.1 Å². The van der Waals surface area contributed by atoms with E-state index in [1.165, 1.54) is 0 Å². The number of nitrogens with one attached hydrogen (secondary N) is 1. The zero-order valence-electron chi connectivity index (χ0n) is 8.84. The van der Waals surface area contributed by atoms with Crippen molar-refractivity contribution in [1.82, 2.24) is 10.3 Å². The molecular formula is C10H16ClN3. The third-order valence-electron chi connectivity index (χ3n) is 1.90. The molecule has 4 heteroatoms. The average Bonchev–Trinajstić information content (AvgIpc) is 2.16. The number of anilines is 1. The summed E-state index contributed by atoms with van der Waals surface area (Å²) in [7, 11) is 3.93. The number of rotatable bonds is 4. The maximum atomic E-state index is 6.02. The number of nitrogens with zero attached hydrogens (tertiary/aromatic N) is 2. The van der Waals surface area contributed by atoms with E-state index in [0.29, 0.717) is 0 Å². The molecule has 0 spiro atoms. The molecule has 0 saturated carbocycles. The highest BCUT2D eigenvalue weighted by Crippen LogP contribution is 2.17. The van der Waals surface area contributed by atoms with Crippen molar-refractivity contribution in [3.63, 3.8) is 0 Å². The minimum atomic E-state index is 0.719. The Bertz CT molecular complexity index is 299. The zero-order chi connectivity index (χ0) is 10.6. The van der Waals surface area contributed by atoms with Gasteiger partial charge in [0.2, 0.25) is 0 Å². The molecule has 0 aliphatic heterocycles. The first kappa shape index (κ1) is 11.3. The van der Waals surface area contributed by atoms with E-state index >= 15 is 0 Å². The van der Waals surface area contributed by atoms with Crippen molar-refractivity contribution in [2.45, 2.75) is 13.5 Å². The summed E-state index contributed by atoms with van der Waals surface area (Å²) in [4.78, 5) is 6.40. The Balaban J connectivity index is 2.85. The smallest absolute Gasteiger partial charge is 0.128 e. The van der Waals surface area contributed by atoms with Gasteiger partial charge < -0.3 is 10.2 Å². The van der Waals surface area contributed by atoms with E-state index in [9.17, 15) is 0 Å². The number of hydrogen-bond acceptors (Lipinski definition) is 3. The molecule has 78 valence electrons. The van der Waals surface area contributed by atoms with Gasteiger partial charge in [0.25, 0.3) is 0 Å². The lowest BCUT2D eigenvalue weighted by Gasteiger charge is -2.13. The number of aromatic nitrogens is 1. The summed E-state index contributed by atoms with van der Waals surface area (Å²) >= 11 is 6.02. The molecule has 1 rings (SSSR count). The quantitative estimate of drug-likeness (QED) is 0.829. The van der Waals surface area contributed by atoms with E-state index in [4.69, 9.17) is 11.6 Å². The maximum absolute atomic E-state index is 6.02. The molecule has 0 amide bonds. The van der Waals surface area contributed by atoms with Crippen molar-refractivity contribution >= 4 is 17.4 Å². The molecule has 0 bridgehead atoms. The standard InChI is InChI=1S/C10H16ClN3/c1-4-12-7-9-8(11)5-6-10(13-9)14(2)3/h5-6,12H,4,7H2,1-3H3.